The van der Waals surface area contributed by atoms with Gasteiger partial charge in [-0.1, -0.05) is 0 Å². The van der Waals surface area contributed by atoms with Crippen LogP contribution in [-0.2, 0) is 6.54 Å². The molecule has 0 amide bonds. The molecule has 8 heteroatoms. The van der Waals surface area contributed by atoms with Gasteiger partial charge in [-0.2, -0.15) is 0 Å². The molecule has 0 aliphatic heterocycles. The van der Waals surface area contributed by atoms with Crippen molar-refractivity contribution in [2.24, 2.45) is 5.73 Å². The summed E-state index contributed by atoms with van der Waals surface area (Å²) in [4.78, 5) is 3.66. The second-order valence-electron chi connectivity index (χ2n) is 2.55. The van der Waals surface area contributed by atoms with Gasteiger partial charge in [0.2, 0.25) is 0 Å². The SMILES string of the molecule is NCc1ncc(OC(F)(F)F)c(I)c1N. The molecule has 0 atom stereocenters. The van der Waals surface area contributed by atoms with Gasteiger partial charge in [-0.25, -0.2) is 0 Å². The fourth-order valence-corrected chi connectivity index (χ4v) is 1.44. The number of pyridine rings is 1. The van der Waals surface area contributed by atoms with Gasteiger partial charge in [-0.05, 0) is 22.6 Å². The second kappa shape index (κ2) is 4.39. The largest absolute Gasteiger partial charge is 0.573 e. The first-order valence-electron chi connectivity index (χ1n) is 3.74. The van der Waals surface area contributed by atoms with Gasteiger partial charge >= 0.3 is 6.36 Å². The minimum Gasteiger partial charge on any atom is -0.403 e. The van der Waals surface area contributed by atoms with E-state index in [1.54, 1.807) is 22.6 Å². The molecular weight excluding hydrogens is 326 g/mol. The summed E-state index contributed by atoms with van der Waals surface area (Å²) in [6, 6.07) is 0. The van der Waals surface area contributed by atoms with Crippen molar-refractivity contribution in [2.75, 3.05) is 5.73 Å². The van der Waals surface area contributed by atoms with Gasteiger partial charge in [0.05, 0.1) is 21.1 Å². The molecule has 0 aromatic carbocycles. The van der Waals surface area contributed by atoms with Crippen LogP contribution in [0.4, 0.5) is 18.9 Å². The molecule has 0 saturated heterocycles. The fourth-order valence-electron chi connectivity index (χ4n) is 0.881. The summed E-state index contributed by atoms with van der Waals surface area (Å²) in [6.07, 6.45) is -3.80. The average Bonchev–Trinajstić information content (AvgIpc) is 2.11. The van der Waals surface area contributed by atoms with Gasteiger partial charge in [0.25, 0.3) is 0 Å². The zero-order valence-electron chi connectivity index (χ0n) is 7.31. The van der Waals surface area contributed by atoms with Crippen molar-refractivity contribution >= 4 is 28.3 Å². The molecule has 0 aliphatic rings. The van der Waals surface area contributed by atoms with E-state index in [-0.39, 0.29) is 15.8 Å². The molecule has 1 aromatic heterocycles. The first kappa shape index (κ1) is 12.3. The van der Waals surface area contributed by atoms with Crippen molar-refractivity contribution in [1.82, 2.24) is 4.98 Å². The molecule has 4 nitrogen and oxygen atoms in total. The smallest absolute Gasteiger partial charge is 0.403 e. The van der Waals surface area contributed by atoms with Crippen LogP contribution in [0.1, 0.15) is 5.69 Å². The van der Waals surface area contributed by atoms with Crippen molar-refractivity contribution < 1.29 is 17.9 Å². The third kappa shape index (κ3) is 3.09. The topological polar surface area (TPSA) is 74.2 Å². The molecule has 0 spiro atoms. The van der Waals surface area contributed by atoms with Gasteiger partial charge in [-0.3, -0.25) is 4.98 Å². The van der Waals surface area contributed by atoms with Crippen LogP contribution in [0.25, 0.3) is 0 Å². The highest BCUT2D eigenvalue weighted by molar-refractivity contribution is 14.1. The van der Waals surface area contributed by atoms with Crippen molar-refractivity contribution in [3.8, 4) is 5.75 Å². The maximum Gasteiger partial charge on any atom is 0.573 e. The number of rotatable bonds is 2. The summed E-state index contributed by atoms with van der Waals surface area (Å²) >= 11 is 1.65. The van der Waals surface area contributed by atoms with Crippen molar-refractivity contribution in [2.45, 2.75) is 12.9 Å². The van der Waals surface area contributed by atoms with Crippen molar-refractivity contribution in [3.63, 3.8) is 0 Å². The quantitative estimate of drug-likeness (QED) is 0.807. The number of hydrogen-bond donors (Lipinski definition) is 2. The zero-order valence-corrected chi connectivity index (χ0v) is 9.46. The first-order chi connectivity index (χ1) is 6.85. The van der Waals surface area contributed by atoms with E-state index >= 15 is 0 Å². The minimum atomic E-state index is -4.75. The van der Waals surface area contributed by atoms with Crippen LogP contribution >= 0.6 is 22.6 Å². The number of aromatic nitrogens is 1. The molecule has 0 unspecified atom stereocenters. The van der Waals surface area contributed by atoms with Crippen LogP contribution in [0.3, 0.4) is 0 Å². The van der Waals surface area contributed by atoms with Gasteiger partial charge in [-0.15, -0.1) is 13.2 Å². The molecule has 15 heavy (non-hydrogen) atoms. The Morgan fingerprint density at radius 2 is 2.07 bits per heavy atom. The molecule has 0 aliphatic carbocycles. The van der Waals surface area contributed by atoms with Crippen LogP contribution in [0.15, 0.2) is 6.20 Å². The summed E-state index contributed by atoms with van der Waals surface area (Å²) in [5.74, 6) is -0.419. The highest BCUT2D eigenvalue weighted by Gasteiger charge is 2.32. The monoisotopic (exact) mass is 333 g/mol. The van der Waals surface area contributed by atoms with E-state index in [1.807, 2.05) is 0 Å². The second-order valence-corrected chi connectivity index (χ2v) is 3.63. The van der Waals surface area contributed by atoms with E-state index in [9.17, 15) is 13.2 Å². The van der Waals surface area contributed by atoms with Crippen LogP contribution in [0.5, 0.6) is 5.75 Å². The molecule has 0 bridgehead atoms. The number of nitrogens with zero attached hydrogens (tertiary/aromatic N) is 1. The number of nitrogen functional groups attached to an aromatic ring is 1. The zero-order chi connectivity index (χ0) is 11.6. The Morgan fingerprint density at radius 3 is 2.53 bits per heavy atom. The Balaban J connectivity index is 3.07. The average molecular weight is 333 g/mol. The number of ether oxygens (including phenoxy) is 1. The molecule has 4 N–H and O–H groups in total. The number of nitrogens with two attached hydrogens (primary N) is 2. The Labute approximate surface area is 96.9 Å². The highest BCUT2D eigenvalue weighted by atomic mass is 127. The lowest BCUT2D eigenvalue weighted by molar-refractivity contribution is -0.275. The van der Waals surface area contributed by atoms with Crippen LogP contribution < -0.4 is 16.2 Å². The van der Waals surface area contributed by atoms with Crippen LogP contribution in [0.2, 0.25) is 0 Å². The van der Waals surface area contributed by atoms with Crippen molar-refractivity contribution in [1.29, 1.82) is 0 Å². The minimum absolute atomic E-state index is 0.0636. The lowest BCUT2D eigenvalue weighted by Gasteiger charge is -2.12. The Bertz CT molecular complexity index is 369. The van der Waals surface area contributed by atoms with E-state index in [0.29, 0.717) is 5.69 Å². The number of halogens is 4. The molecule has 1 rings (SSSR count). The fraction of sp³-hybridized carbons (Fsp3) is 0.286. The molecular formula is C7H7F3IN3O. The van der Waals surface area contributed by atoms with E-state index < -0.39 is 12.1 Å². The number of alkyl halides is 3. The van der Waals surface area contributed by atoms with E-state index in [4.69, 9.17) is 11.5 Å². The third-order valence-electron chi connectivity index (χ3n) is 1.52. The molecule has 84 valence electrons. The Kier molecular flexibility index (Phi) is 3.60. The Hall–Kier alpha value is -0.770. The van der Waals surface area contributed by atoms with Gasteiger partial charge in [0.1, 0.15) is 0 Å². The lowest BCUT2D eigenvalue weighted by atomic mass is 10.3. The van der Waals surface area contributed by atoms with E-state index in [0.717, 1.165) is 6.20 Å². The van der Waals surface area contributed by atoms with Crippen LogP contribution in [-0.4, -0.2) is 11.3 Å². The molecule has 1 heterocycles. The maximum atomic E-state index is 11.9. The first-order valence-corrected chi connectivity index (χ1v) is 4.81. The van der Waals surface area contributed by atoms with Crippen LogP contribution in [0, 0.1) is 3.57 Å². The summed E-state index contributed by atoms with van der Waals surface area (Å²) in [7, 11) is 0. The van der Waals surface area contributed by atoms with E-state index in [1.165, 1.54) is 0 Å². The molecule has 1 aromatic rings. The van der Waals surface area contributed by atoms with E-state index in [2.05, 4.69) is 9.72 Å². The Morgan fingerprint density at radius 1 is 1.47 bits per heavy atom. The summed E-state index contributed by atoms with van der Waals surface area (Å²) in [5, 5.41) is 0. The van der Waals surface area contributed by atoms with Gasteiger partial charge < -0.3 is 16.2 Å². The third-order valence-corrected chi connectivity index (χ3v) is 2.63. The predicted molar refractivity (Wildman–Crippen MR) is 55.9 cm³/mol. The molecule has 0 fully saturated rings. The van der Waals surface area contributed by atoms with Crippen molar-refractivity contribution in [3.05, 3.63) is 15.5 Å². The summed E-state index contributed by atoms with van der Waals surface area (Å²) in [5.41, 5.74) is 11.3. The predicted octanol–water partition coefficient (Wildman–Crippen LogP) is 1.63. The van der Waals surface area contributed by atoms with Gasteiger partial charge in [0.15, 0.2) is 5.75 Å². The maximum absolute atomic E-state index is 11.9. The number of anilines is 1. The summed E-state index contributed by atoms with van der Waals surface area (Å²) < 4.78 is 39.6. The normalized spacial score (nSPS) is 11.5. The lowest BCUT2D eigenvalue weighted by Crippen LogP contribution is -2.19. The standard InChI is InChI=1S/C7H7F3IN3O/c8-7(9,10)15-4-2-14-3(1-12)6(13)5(4)11/h2H,1,12-13H2. The molecule has 0 radical (unpaired) electrons. The number of hydrogen-bond acceptors (Lipinski definition) is 4. The molecule has 0 saturated carbocycles. The van der Waals surface area contributed by atoms with Gasteiger partial charge in [0, 0.05) is 6.54 Å². The summed E-state index contributed by atoms with van der Waals surface area (Å²) in [6.45, 7) is 0.0636. The highest BCUT2D eigenvalue weighted by Crippen LogP contribution is 2.31.